The van der Waals surface area contributed by atoms with E-state index in [0.29, 0.717) is 31.7 Å². The van der Waals surface area contributed by atoms with Crippen molar-refractivity contribution in [1.29, 1.82) is 0 Å². The van der Waals surface area contributed by atoms with Crippen molar-refractivity contribution in [2.75, 3.05) is 6.54 Å². The molecule has 4 nitrogen and oxygen atoms in total. The summed E-state index contributed by atoms with van der Waals surface area (Å²) in [6, 6.07) is 0. The van der Waals surface area contributed by atoms with Gasteiger partial charge in [0, 0.05) is 12.5 Å². The Labute approximate surface area is 142 Å². The molecule has 0 saturated heterocycles. The zero-order chi connectivity index (χ0) is 17.7. The summed E-state index contributed by atoms with van der Waals surface area (Å²) in [6.07, 6.45) is 9.00. The number of amides is 1. The van der Waals surface area contributed by atoms with Crippen molar-refractivity contribution in [2.45, 2.75) is 85.5 Å². The predicted octanol–water partition coefficient (Wildman–Crippen LogP) is 4.63. The van der Waals surface area contributed by atoms with Gasteiger partial charge < -0.3 is 10.4 Å². The number of hydrogen-bond acceptors (Lipinski definition) is 2. The highest BCUT2D eigenvalue weighted by molar-refractivity contribution is 5.79. The number of hydrogen-bond donors (Lipinski definition) is 2. The Morgan fingerprint density at radius 1 is 0.913 bits per heavy atom. The molecule has 2 N–H and O–H groups in total. The van der Waals surface area contributed by atoms with Gasteiger partial charge in [0.25, 0.3) is 0 Å². The minimum atomic E-state index is -0.777. The van der Waals surface area contributed by atoms with Crippen molar-refractivity contribution in [3.05, 3.63) is 0 Å². The first kappa shape index (κ1) is 21.9. The van der Waals surface area contributed by atoms with Crippen molar-refractivity contribution in [2.24, 2.45) is 17.8 Å². The number of nitrogens with one attached hydrogen (secondary N) is 1. The molecule has 0 rings (SSSR count). The second-order valence-corrected chi connectivity index (χ2v) is 7.06. The fourth-order valence-corrected chi connectivity index (χ4v) is 2.93. The molecular formula is C19H37NO3. The Morgan fingerprint density at radius 2 is 1.52 bits per heavy atom. The van der Waals surface area contributed by atoms with Crippen LogP contribution in [0.3, 0.4) is 0 Å². The summed E-state index contributed by atoms with van der Waals surface area (Å²) in [6.45, 7) is 8.92. The van der Waals surface area contributed by atoms with E-state index < -0.39 is 11.9 Å². The molecule has 136 valence electrons. The van der Waals surface area contributed by atoms with Gasteiger partial charge in [-0.15, -0.1) is 0 Å². The van der Waals surface area contributed by atoms with Gasteiger partial charge in [0.1, 0.15) is 0 Å². The SMILES string of the molecule is CCCCCCCCNC(=O)C(CC)C[C@H](CC(C)C)C(=O)O. The number of carboxylic acids is 1. The Morgan fingerprint density at radius 3 is 2.04 bits per heavy atom. The lowest BCUT2D eigenvalue weighted by molar-refractivity contribution is -0.143. The minimum absolute atomic E-state index is 0.0241. The monoisotopic (exact) mass is 327 g/mol. The highest BCUT2D eigenvalue weighted by Crippen LogP contribution is 2.22. The molecule has 0 saturated carbocycles. The fourth-order valence-electron chi connectivity index (χ4n) is 2.93. The van der Waals surface area contributed by atoms with E-state index in [2.05, 4.69) is 12.2 Å². The van der Waals surface area contributed by atoms with Gasteiger partial charge in [0.05, 0.1) is 5.92 Å². The van der Waals surface area contributed by atoms with E-state index in [1.807, 2.05) is 20.8 Å². The molecule has 0 aliphatic heterocycles. The maximum absolute atomic E-state index is 12.2. The number of aliphatic carboxylic acids is 1. The summed E-state index contributed by atoms with van der Waals surface area (Å²) in [5.41, 5.74) is 0. The van der Waals surface area contributed by atoms with Crippen molar-refractivity contribution in [3.8, 4) is 0 Å². The first-order valence-electron chi connectivity index (χ1n) is 9.42. The van der Waals surface area contributed by atoms with E-state index in [4.69, 9.17) is 0 Å². The van der Waals surface area contributed by atoms with Crippen LogP contribution < -0.4 is 5.32 Å². The van der Waals surface area contributed by atoms with Crippen LogP contribution in [0.1, 0.15) is 85.5 Å². The zero-order valence-electron chi connectivity index (χ0n) is 15.6. The van der Waals surface area contributed by atoms with Gasteiger partial charge in [-0.05, 0) is 31.6 Å². The van der Waals surface area contributed by atoms with Gasteiger partial charge in [-0.25, -0.2) is 0 Å². The topological polar surface area (TPSA) is 66.4 Å². The molecule has 0 spiro atoms. The largest absolute Gasteiger partial charge is 0.481 e. The molecule has 23 heavy (non-hydrogen) atoms. The van der Waals surface area contributed by atoms with Crippen LogP contribution in [0.2, 0.25) is 0 Å². The molecule has 0 aliphatic rings. The van der Waals surface area contributed by atoms with Gasteiger partial charge in [-0.1, -0.05) is 59.8 Å². The molecule has 1 amide bonds. The van der Waals surface area contributed by atoms with Crippen LogP contribution in [0.25, 0.3) is 0 Å². The standard InChI is InChI=1S/C19H37NO3/c1-5-7-8-9-10-11-12-20-18(21)16(6-2)14-17(19(22)23)13-15(3)4/h15-17H,5-14H2,1-4H3,(H,20,21)(H,22,23)/t16?,17-/m0/s1. The van der Waals surface area contributed by atoms with Gasteiger partial charge in [0.2, 0.25) is 5.91 Å². The second kappa shape index (κ2) is 13.4. The molecule has 0 aromatic rings. The molecule has 0 fully saturated rings. The van der Waals surface area contributed by atoms with Crippen LogP contribution in [0.4, 0.5) is 0 Å². The zero-order valence-corrected chi connectivity index (χ0v) is 15.6. The Hall–Kier alpha value is -1.06. The number of carbonyl (C=O) groups is 2. The summed E-state index contributed by atoms with van der Waals surface area (Å²) in [7, 11) is 0. The summed E-state index contributed by atoms with van der Waals surface area (Å²) in [5, 5.41) is 12.3. The summed E-state index contributed by atoms with van der Waals surface area (Å²) in [5.74, 6) is -1.02. The van der Waals surface area contributed by atoms with Crippen LogP contribution in [-0.2, 0) is 9.59 Å². The lowest BCUT2D eigenvalue weighted by Crippen LogP contribution is -2.33. The van der Waals surface area contributed by atoms with E-state index in [9.17, 15) is 14.7 Å². The van der Waals surface area contributed by atoms with Gasteiger partial charge in [0.15, 0.2) is 0 Å². The van der Waals surface area contributed by atoms with Crippen LogP contribution in [-0.4, -0.2) is 23.5 Å². The highest BCUT2D eigenvalue weighted by Gasteiger charge is 2.26. The van der Waals surface area contributed by atoms with Crippen LogP contribution in [0.5, 0.6) is 0 Å². The number of rotatable bonds is 14. The molecule has 4 heteroatoms. The molecule has 1 unspecified atom stereocenters. The van der Waals surface area contributed by atoms with Crippen molar-refractivity contribution in [3.63, 3.8) is 0 Å². The average molecular weight is 328 g/mol. The molecule has 0 aliphatic carbocycles. The summed E-state index contributed by atoms with van der Waals surface area (Å²) in [4.78, 5) is 23.6. The molecular weight excluding hydrogens is 290 g/mol. The Bertz CT molecular complexity index is 329. The van der Waals surface area contributed by atoms with Crippen LogP contribution in [0.15, 0.2) is 0 Å². The molecule has 0 radical (unpaired) electrons. The van der Waals surface area contributed by atoms with Crippen molar-refractivity contribution >= 4 is 11.9 Å². The normalized spacial score (nSPS) is 13.8. The quantitative estimate of drug-likeness (QED) is 0.457. The summed E-state index contributed by atoms with van der Waals surface area (Å²) >= 11 is 0. The van der Waals surface area contributed by atoms with E-state index >= 15 is 0 Å². The van der Waals surface area contributed by atoms with Gasteiger partial charge in [-0.2, -0.15) is 0 Å². The van der Waals surface area contributed by atoms with Crippen molar-refractivity contribution in [1.82, 2.24) is 5.32 Å². The fraction of sp³-hybridized carbons (Fsp3) is 0.895. The third kappa shape index (κ3) is 11.2. The molecule has 2 atom stereocenters. The number of carboxylic acid groups (broad SMARTS) is 1. The van der Waals surface area contributed by atoms with Gasteiger partial charge in [-0.3, -0.25) is 9.59 Å². The maximum Gasteiger partial charge on any atom is 0.306 e. The predicted molar refractivity (Wildman–Crippen MR) is 95.4 cm³/mol. The molecule has 0 aromatic carbocycles. The maximum atomic E-state index is 12.2. The number of unbranched alkanes of at least 4 members (excludes halogenated alkanes) is 5. The molecule has 0 bridgehead atoms. The first-order valence-corrected chi connectivity index (χ1v) is 9.42. The highest BCUT2D eigenvalue weighted by atomic mass is 16.4. The third-order valence-corrected chi connectivity index (χ3v) is 4.37. The van der Waals surface area contributed by atoms with Crippen LogP contribution >= 0.6 is 0 Å². The van der Waals surface area contributed by atoms with E-state index in [1.54, 1.807) is 0 Å². The van der Waals surface area contributed by atoms with Gasteiger partial charge >= 0.3 is 5.97 Å². The Balaban J connectivity index is 4.12. The minimum Gasteiger partial charge on any atom is -0.481 e. The van der Waals surface area contributed by atoms with E-state index in [1.165, 1.54) is 25.7 Å². The van der Waals surface area contributed by atoms with E-state index in [0.717, 1.165) is 12.8 Å². The lowest BCUT2D eigenvalue weighted by atomic mass is 9.86. The molecule has 0 aromatic heterocycles. The van der Waals surface area contributed by atoms with Crippen molar-refractivity contribution < 1.29 is 14.7 Å². The first-order chi connectivity index (χ1) is 10.9. The van der Waals surface area contributed by atoms with E-state index in [-0.39, 0.29) is 11.8 Å². The third-order valence-electron chi connectivity index (χ3n) is 4.37. The molecule has 0 heterocycles. The smallest absolute Gasteiger partial charge is 0.306 e. The Kier molecular flexibility index (Phi) is 12.8. The average Bonchev–Trinajstić information content (AvgIpc) is 2.49. The lowest BCUT2D eigenvalue weighted by Gasteiger charge is -2.20. The summed E-state index contributed by atoms with van der Waals surface area (Å²) < 4.78 is 0. The second-order valence-electron chi connectivity index (χ2n) is 7.06. The van der Waals surface area contributed by atoms with Crippen LogP contribution in [0, 0.1) is 17.8 Å². The number of carbonyl (C=O) groups excluding carboxylic acids is 1.